The van der Waals surface area contributed by atoms with Crippen LogP contribution in [0.15, 0.2) is 55.1 Å². The minimum Gasteiger partial charge on any atom is -0.480 e. The summed E-state index contributed by atoms with van der Waals surface area (Å²) >= 11 is 0. The summed E-state index contributed by atoms with van der Waals surface area (Å²) in [7, 11) is 1.39. The number of fused-ring (bicyclic) bond motifs is 1. The number of benzene rings is 1. The molecular formula is C26H18F6N6O6. The van der Waals surface area contributed by atoms with Gasteiger partial charge in [0.2, 0.25) is 5.88 Å². The van der Waals surface area contributed by atoms with Crippen LogP contribution in [0.5, 0.6) is 17.4 Å². The quantitative estimate of drug-likeness (QED) is 0.160. The molecule has 0 radical (unpaired) electrons. The molecule has 0 spiro atoms. The van der Waals surface area contributed by atoms with Gasteiger partial charge in [-0.2, -0.15) is 26.3 Å². The van der Waals surface area contributed by atoms with E-state index < -0.39 is 47.7 Å². The number of amides is 3. The van der Waals surface area contributed by atoms with Crippen molar-refractivity contribution >= 4 is 34.9 Å². The van der Waals surface area contributed by atoms with E-state index in [9.17, 15) is 40.7 Å². The Morgan fingerprint density at radius 3 is 2.41 bits per heavy atom. The van der Waals surface area contributed by atoms with Gasteiger partial charge < -0.3 is 14.2 Å². The van der Waals surface area contributed by atoms with Crippen molar-refractivity contribution < 1.29 is 54.9 Å². The zero-order chi connectivity index (χ0) is 32.0. The van der Waals surface area contributed by atoms with Crippen LogP contribution in [0.1, 0.15) is 18.1 Å². The number of hydrogen-bond acceptors (Lipinski definition) is 9. The minimum absolute atomic E-state index is 0.183. The number of nitrogens with zero attached hydrogens (tertiary/aromatic N) is 6. The molecule has 3 amide bonds. The van der Waals surface area contributed by atoms with Crippen molar-refractivity contribution in [3.05, 3.63) is 66.2 Å². The van der Waals surface area contributed by atoms with Gasteiger partial charge in [0.05, 0.1) is 30.2 Å². The third-order valence-corrected chi connectivity index (χ3v) is 6.26. The standard InChI is InChI=1S/C26H18F6N6O6/c1-3-13-8-15(4-5-17(13)43-18-10-19(42-2)35-36-7-6-34-20(18)36)37-21(39)22(44-23(40)26(30,31)32)38(24(37)41)16-9-14(11-33-12-16)25(27,28)29/h4-12,22H,3H2,1-2H3. The minimum atomic E-state index is -5.58. The summed E-state index contributed by atoms with van der Waals surface area (Å²) in [5.41, 5.74) is -1.60. The lowest BCUT2D eigenvalue weighted by molar-refractivity contribution is -0.204. The summed E-state index contributed by atoms with van der Waals surface area (Å²) in [5, 5.41) is 4.17. The summed E-state index contributed by atoms with van der Waals surface area (Å²) < 4.78 is 96.1. The van der Waals surface area contributed by atoms with Crippen LogP contribution in [0.4, 0.5) is 42.5 Å². The van der Waals surface area contributed by atoms with Crippen molar-refractivity contribution in [2.75, 3.05) is 16.9 Å². The molecule has 18 heteroatoms. The number of pyridine rings is 1. The molecular weight excluding hydrogens is 606 g/mol. The fourth-order valence-electron chi connectivity index (χ4n) is 4.23. The SMILES string of the molecule is CCc1cc(N2C(=O)C(OC(=O)C(F)(F)F)N(c3cncc(C(F)(F)F)c3)C2=O)ccc1Oc1cc(OC)nn2ccnc12. The van der Waals surface area contributed by atoms with Gasteiger partial charge >= 0.3 is 24.4 Å². The second-order valence-electron chi connectivity index (χ2n) is 9.01. The number of aromatic nitrogens is 4. The second kappa shape index (κ2) is 11.0. The maximum Gasteiger partial charge on any atom is 0.491 e. The van der Waals surface area contributed by atoms with Gasteiger partial charge in [0.1, 0.15) is 5.75 Å². The van der Waals surface area contributed by atoms with Crippen molar-refractivity contribution in [1.82, 2.24) is 19.6 Å². The van der Waals surface area contributed by atoms with Crippen LogP contribution in [-0.4, -0.2) is 57.0 Å². The van der Waals surface area contributed by atoms with Gasteiger partial charge in [-0.05, 0) is 36.2 Å². The molecule has 0 N–H and O–H groups in total. The Hall–Kier alpha value is -5.42. The number of carbonyl (C=O) groups excluding carboxylic acids is 3. The highest BCUT2D eigenvalue weighted by molar-refractivity contribution is 6.28. The molecule has 1 atom stereocenters. The molecule has 1 saturated heterocycles. The maximum absolute atomic E-state index is 13.5. The monoisotopic (exact) mass is 624 g/mol. The predicted molar refractivity (Wildman–Crippen MR) is 136 cm³/mol. The molecule has 0 aliphatic carbocycles. The molecule has 12 nitrogen and oxygen atoms in total. The first-order chi connectivity index (χ1) is 20.7. The van der Waals surface area contributed by atoms with E-state index in [2.05, 4.69) is 19.8 Å². The largest absolute Gasteiger partial charge is 0.491 e. The van der Waals surface area contributed by atoms with Crippen LogP contribution in [0.3, 0.4) is 0 Å². The molecule has 1 aromatic carbocycles. The summed E-state index contributed by atoms with van der Waals surface area (Å²) in [6.07, 6.45) is -8.77. The molecule has 0 saturated carbocycles. The van der Waals surface area contributed by atoms with E-state index in [-0.39, 0.29) is 34.4 Å². The Bertz CT molecular complexity index is 1770. The summed E-state index contributed by atoms with van der Waals surface area (Å²) in [6, 6.07) is 4.31. The zero-order valence-electron chi connectivity index (χ0n) is 22.4. The second-order valence-corrected chi connectivity index (χ2v) is 9.01. The molecule has 4 heterocycles. The lowest BCUT2D eigenvalue weighted by atomic mass is 10.1. The van der Waals surface area contributed by atoms with Crippen molar-refractivity contribution in [3.8, 4) is 17.4 Å². The lowest BCUT2D eigenvalue weighted by Gasteiger charge is -2.22. The van der Waals surface area contributed by atoms with E-state index in [1.807, 2.05) is 0 Å². The van der Waals surface area contributed by atoms with E-state index >= 15 is 0 Å². The smallest absolute Gasteiger partial charge is 0.480 e. The van der Waals surface area contributed by atoms with Crippen LogP contribution in [0.2, 0.25) is 0 Å². The fraction of sp³-hybridized carbons (Fsp3) is 0.231. The highest BCUT2D eigenvalue weighted by atomic mass is 19.4. The van der Waals surface area contributed by atoms with E-state index in [0.717, 1.165) is 0 Å². The maximum atomic E-state index is 13.5. The third kappa shape index (κ3) is 5.52. The van der Waals surface area contributed by atoms with Crippen molar-refractivity contribution in [2.45, 2.75) is 31.9 Å². The highest BCUT2D eigenvalue weighted by Crippen LogP contribution is 2.38. The average molecular weight is 624 g/mol. The van der Waals surface area contributed by atoms with Crippen molar-refractivity contribution in [1.29, 1.82) is 0 Å². The molecule has 1 aliphatic rings. The highest BCUT2D eigenvalue weighted by Gasteiger charge is 2.53. The lowest BCUT2D eigenvalue weighted by Crippen LogP contribution is -2.42. The van der Waals surface area contributed by atoms with Crippen LogP contribution >= 0.6 is 0 Å². The van der Waals surface area contributed by atoms with Gasteiger partial charge in [0, 0.05) is 24.7 Å². The number of carbonyl (C=O) groups is 3. The van der Waals surface area contributed by atoms with Crippen molar-refractivity contribution in [3.63, 3.8) is 0 Å². The Labute approximate surface area is 242 Å². The number of methoxy groups -OCH3 is 1. The molecule has 1 unspecified atom stereocenters. The number of imide groups is 1. The molecule has 44 heavy (non-hydrogen) atoms. The van der Waals surface area contributed by atoms with E-state index in [1.54, 1.807) is 13.1 Å². The normalized spacial score (nSPS) is 15.7. The van der Waals surface area contributed by atoms with E-state index in [4.69, 9.17) is 9.47 Å². The summed E-state index contributed by atoms with van der Waals surface area (Å²) in [5.74, 6) is -3.67. The van der Waals surface area contributed by atoms with Gasteiger partial charge in [-0.25, -0.2) is 28.9 Å². The Balaban J connectivity index is 1.54. The number of aryl methyl sites for hydroxylation is 1. The number of halogens is 6. The molecule has 230 valence electrons. The van der Waals surface area contributed by atoms with Crippen LogP contribution in [0.25, 0.3) is 5.65 Å². The Morgan fingerprint density at radius 1 is 1.00 bits per heavy atom. The van der Waals surface area contributed by atoms with Crippen LogP contribution in [0, 0.1) is 0 Å². The first-order valence-corrected chi connectivity index (χ1v) is 12.4. The number of hydrogen-bond donors (Lipinski definition) is 0. The number of urea groups is 1. The molecule has 1 aliphatic heterocycles. The van der Waals surface area contributed by atoms with Crippen LogP contribution in [-0.2, 0) is 26.9 Å². The number of alkyl halides is 6. The number of esters is 1. The number of ether oxygens (including phenoxy) is 3. The topological polar surface area (TPSA) is 128 Å². The van der Waals surface area contributed by atoms with Gasteiger partial charge in [-0.1, -0.05) is 6.92 Å². The predicted octanol–water partition coefficient (Wildman–Crippen LogP) is 4.91. The number of rotatable bonds is 7. The molecule has 0 bridgehead atoms. The van der Waals surface area contributed by atoms with Gasteiger partial charge in [-0.3, -0.25) is 9.78 Å². The van der Waals surface area contributed by atoms with Gasteiger partial charge in [0.25, 0.3) is 12.1 Å². The number of anilines is 2. The molecule has 4 aromatic rings. The molecule has 1 fully saturated rings. The van der Waals surface area contributed by atoms with E-state index in [1.165, 1.54) is 42.1 Å². The summed E-state index contributed by atoms with van der Waals surface area (Å²) in [6.45, 7) is 1.70. The fourth-order valence-corrected chi connectivity index (χ4v) is 4.23. The van der Waals surface area contributed by atoms with Crippen molar-refractivity contribution in [2.24, 2.45) is 0 Å². The first kappa shape index (κ1) is 30.1. The van der Waals surface area contributed by atoms with E-state index in [0.29, 0.717) is 34.6 Å². The van der Waals surface area contributed by atoms with Gasteiger partial charge in [0.15, 0.2) is 11.4 Å². The molecule has 5 rings (SSSR count). The molecule has 3 aromatic heterocycles. The number of imidazole rings is 1. The average Bonchev–Trinajstić information content (AvgIpc) is 3.54. The Kier molecular flexibility index (Phi) is 7.52. The summed E-state index contributed by atoms with van der Waals surface area (Å²) in [4.78, 5) is 46.6. The Morgan fingerprint density at radius 2 is 1.75 bits per heavy atom. The van der Waals surface area contributed by atoms with Gasteiger partial charge in [-0.15, -0.1) is 5.10 Å². The third-order valence-electron chi connectivity index (χ3n) is 6.26. The first-order valence-electron chi connectivity index (χ1n) is 12.4. The van der Waals surface area contributed by atoms with Crippen LogP contribution < -0.4 is 19.3 Å². The zero-order valence-corrected chi connectivity index (χ0v) is 22.4.